The third-order valence-corrected chi connectivity index (χ3v) is 4.42. The summed E-state index contributed by atoms with van der Waals surface area (Å²) in [4.78, 5) is 12.1. The molecule has 0 aliphatic heterocycles. The molecule has 4 aromatic rings. The highest BCUT2D eigenvalue weighted by Crippen LogP contribution is 2.21. The molecule has 0 spiro atoms. The topological polar surface area (TPSA) is 46.4 Å². The third kappa shape index (κ3) is 3.80. The minimum absolute atomic E-state index is 0.222. The van der Waals surface area contributed by atoms with Crippen molar-refractivity contribution in [3.63, 3.8) is 0 Å². The fourth-order valence-corrected chi connectivity index (χ4v) is 3.10. The van der Waals surface area contributed by atoms with Gasteiger partial charge in [-0.2, -0.15) is 5.10 Å². The summed E-state index contributed by atoms with van der Waals surface area (Å²) in [5.41, 5.74) is 6.52. The Morgan fingerprint density at radius 2 is 1.56 bits per heavy atom. The van der Waals surface area contributed by atoms with Gasteiger partial charge in [0.2, 0.25) is 0 Å². The van der Waals surface area contributed by atoms with E-state index < -0.39 is 0 Å². The van der Waals surface area contributed by atoms with E-state index in [1.165, 1.54) is 5.56 Å². The molecular weight excluding hydrogens is 334 g/mol. The maximum Gasteiger partial charge on any atom is 0.271 e. The van der Waals surface area contributed by atoms with E-state index in [-0.39, 0.29) is 5.91 Å². The molecule has 1 amide bonds. The zero-order valence-electron chi connectivity index (χ0n) is 14.7. The van der Waals surface area contributed by atoms with E-state index >= 15 is 0 Å². The molecule has 0 unspecified atom stereocenters. The number of hydrogen-bond donors (Lipinski definition) is 1. The van der Waals surface area contributed by atoms with Crippen molar-refractivity contribution in [2.45, 2.75) is 6.54 Å². The molecule has 1 N–H and O–H groups in total. The Labute approximate surface area is 157 Å². The van der Waals surface area contributed by atoms with Crippen LogP contribution in [0.5, 0.6) is 0 Å². The smallest absolute Gasteiger partial charge is 0.271 e. The SMILES string of the molecule is O=C(N/N=C/c1cn(Cc2ccccc2)c2ccccc12)c1ccccc1. The fraction of sp³-hybridized carbons (Fsp3) is 0.0435. The molecule has 3 aromatic carbocycles. The van der Waals surface area contributed by atoms with Crippen LogP contribution in [0.3, 0.4) is 0 Å². The van der Waals surface area contributed by atoms with Crippen molar-refractivity contribution >= 4 is 23.0 Å². The lowest BCUT2D eigenvalue weighted by atomic mass is 10.2. The maximum absolute atomic E-state index is 12.1. The van der Waals surface area contributed by atoms with Crippen LogP contribution in [0.25, 0.3) is 10.9 Å². The number of fused-ring (bicyclic) bond motifs is 1. The van der Waals surface area contributed by atoms with Gasteiger partial charge in [-0.05, 0) is 23.8 Å². The molecule has 0 aliphatic carbocycles. The summed E-state index contributed by atoms with van der Waals surface area (Å²) < 4.78 is 2.20. The van der Waals surface area contributed by atoms with Crippen LogP contribution < -0.4 is 5.43 Å². The number of nitrogens with one attached hydrogen (secondary N) is 1. The predicted octanol–water partition coefficient (Wildman–Crippen LogP) is 4.45. The first-order valence-corrected chi connectivity index (χ1v) is 8.81. The van der Waals surface area contributed by atoms with E-state index in [1.54, 1.807) is 18.3 Å². The highest BCUT2D eigenvalue weighted by molar-refractivity contribution is 6.00. The van der Waals surface area contributed by atoms with Crippen molar-refractivity contribution in [3.05, 3.63) is 108 Å². The van der Waals surface area contributed by atoms with Gasteiger partial charge in [-0.25, -0.2) is 5.43 Å². The van der Waals surface area contributed by atoms with E-state index in [0.29, 0.717) is 5.56 Å². The van der Waals surface area contributed by atoms with Gasteiger partial charge in [0.25, 0.3) is 5.91 Å². The van der Waals surface area contributed by atoms with Crippen LogP contribution in [0.4, 0.5) is 0 Å². The molecule has 1 aromatic heterocycles. The van der Waals surface area contributed by atoms with E-state index in [2.05, 4.69) is 45.6 Å². The number of rotatable bonds is 5. The molecule has 4 nitrogen and oxygen atoms in total. The summed E-state index contributed by atoms with van der Waals surface area (Å²) in [6.07, 6.45) is 3.76. The molecular formula is C23H19N3O. The molecule has 0 saturated heterocycles. The molecule has 0 atom stereocenters. The standard InChI is InChI=1S/C23H19N3O/c27-23(19-11-5-2-6-12-19)25-24-15-20-17-26(16-18-9-3-1-4-10-18)22-14-8-7-13-21(20)22/h1-15,17H,16H2,(H,25,27)/b24-15+. The first kappa shape index (κ1) is 16.8. The number of aromatic nitrogens is 1. The van der Waals surface area contributed by atoms with Gasteiger partial charge in [-0.15, -0.1) is 0 Å². The van der Waals surface area contributed by atoms with Gasteiger partial charge in [0.15, 0.2) is 0 Å². The zero-order valence-corrected chi connectivity index (χ0v) is 14.7. The van der Waals surface area contributed by atoms with Crippen molar-refractivity contribution in [2.24, 2.45) is 5.10 Å². The Kier molecular flexibility index (Phi) is 4.79. The normalized spacial score (nSPS) is 11.1. The molecule has 0 radical (unpaired) electrons. The lowest BCUT2D eigenvalue weighted by Gasteiger charge is -2.05. The second-order valence-electron chi connectivity index (χ2n) is 6.28. The lowest BCUT2D eigenvalue weighted by molar-refractivity contribution is 0.0955. The van der Waals surface area contributed by atoms with Gasteiger partial charge in [0.05, 0.1) is 6.21 Å². The average Bonchev–Trinajstić information content (AvgIpc) is 3.07. The van der Waals surface area contributed by atoms with Gasteiger partial charge in [-0.1, -0.05) is 66.7 Å². The molecule has 0 fully saturated rings. The molecule has 0 saturated carbocycles. The van der Waals surface area contributed by atoms with E-state index in [1.807, 2.05) is 48.5 Å². The zero-order chi connectivity index (χ0) is 18.5. The van der Waals surface area contributed by atoms with Crippen molar-refractivity contribution in [2.75, 3.05) is 0 Å². The minimum Gasteiger partial charge on any atom is -0.342 e. The van der Waals surface area contributed by atoms with Gasteiger partial charge < -0.3 is 4.57 Å². The largest absolute Gasteiger partial charge is 0.342 e. The number of hydrazone groups is 1. The van der Waals surface area contributed by atoms with E-state index in [9.17, 15) is 4.79 Å². The number of benzene rings is 3. The summed E-state index contributed by atoms with van der Waals surface area (Å²) in [6, 6.07) is 27.6. The molecule has 4 heteroatoms. The summed E-state index contributed by atoms with van der Waals surface area (Å²) >= 11 is 0. The highest BCUT2D eigenvalue weighted by atomic mass is 16.2. The van der Waals surface area contributed by atoms with E-state index in [0.717, 1.165) is 23.0 Å². The highest BCUT2D eigenvalue weighted by Gasteiger charge is 2.07. The van der Waals surface area contributed by atoms with Crippen LogP contribution in [0.1, 0.15) is 21.5 Å². The number of carbonyl (C=O) groups is 1. The van der Waals surface area contributed by atoms with Gasteiger partial charge in [-0.3, -0.25) is 4.79 Å². The van der Waals surface area contributed by atoms with Crippen LogP contribution in [-0.2, 0) is 6.54 Å². The first-order chi connectivity index (χ1) is 13.3. The Hall–Kier alpha value is -3.66. The monoisotopic (exact) mass is 353 g/mol. The van der Waals surface area contributed by atoms with E-state index in [4.69, 9.17) is 0 Å². The molecule has 132 valence electrons. The molecule has 27 heavy (non-hydrogen) atoms. The number of nitrogens with zero attached hydrogens (tertiary/aromatic N) is 2. The fourth-order valence-electron chi connectivity index (χ4n) is 3.10. The molecule has 0 aliphatic rings. The van der Waals surface area contributed by atoms with Crippen LogP contribution in [0, 0.1) is 0 Å². The number of amides is 1. The Balaban J connectivity index is 1.57. The van der Waals surface area contributed by atoms with Crippen LogP contribution >= 0.6 is 0 Å². The second kappa shape index (κ2) is 7.70. The van der Waals surface area contributed by atoms with Gasteiger partial charge >= 0.3 is 0 Å². The third-order valence-electron chi connectivity index (χ3n) is 4.42. The van der Waals surface area contributed by atoms with Crippen LogP contribution in [-0.4, -0.2) is 16.7 Å². The predicted molar refractivity (Wildman–Crippen MR) is 109 cm³/mol. The molecule has 0 bridgehead atoms. The van der Waals surface area contributed by atoms with Gasteiger partial charge in [0.1, 0.15) is 0 Å². The average molecular weight is 353 g/mol. The van der Waals surface area contributed by atoms with Crippen LogP contribution in [0.15, 0.2) is 96.2 Å². The van der Waals surface area contributed by atoms with Crippen LogP contribution in [0.2, 0.25) is 0 Å². The Morgan fingerprint density at radius 3 is 2.33 bits per heavy atom. The van der Waals surface area contributed by atoms with Crippen molar-refractivity contribution < 1.29 is 4.79 Å². The number of para-hydroxylation sites is 1. The quantitative estimate of drug-likeness (QED) is 0.418. The van der Waals surface area contributed by atoms with Crippen molar-refractivity contribution in [3.8, 4) is 0 Å². The Bertz CT molecular complexity index is 1080. The number of carbonyl (C=O) groups excluding carboxylic acids is 1. The summed E-state index contributed by atoms with van der Waals surface area (Å²) in [5.74, 6) is -0.222. The number of hydrogen-bond acceptors (Lipinski definition) is 2. The lowest BCUT2D eigenvalue weighted by Crippen LogP contribution is -2.17. The van der Waals surface area contributed by atoms with Gasteiger partial charge in [0, 0.05) is 34.8 Å². The maximum atomic E-state index is 12.1. The molecule has 4 rings (SSSR count). The summed E-state index contributed by atoms with van der Waals surface area (Å²) in [5, 5.41) is 5.25. The minimum atomic E-state index is -0.222. The Morgan fingerprint density at radius 1 is 0.889 bits per heavy atom. The second-order valence-corrected chi connectivity index (χ2v) is 6.28. The first-order valence-electron chi connectivity index (χ1n) is 8.81. The summed E-state index contributed by atoms with van der Waals surface area (Å²) in [6.45, 7) is 0.783. The summed E-state index contributed by atoms with van der Waals surface area (Å²) in [7, 11) is 0. The molecule has 1 heterocycles. The van der Waals surface area contributed by atoms with Crippen molar-refractivity contribution in [1.29, 1.82) is 0 Å². The van der Waals surface area contributed by atoms with Crippen molar-refractivity contribution in [1.82, 2.24) is 9.99 Å².